The fraction of sp³-hybridized carbons (Fsp3) is 0.464. The zero-order valence-electron chi connectivity index (χ0n) is 45.6. The van der Waals surface area contributed by atoms with Gasteiger partial charge in [0.1, 0.15) is 42.3 Å². The summed E-state index contributed by atoms with van der Waals surface area (Å²) in [4.78, 5) is 138. The summed E-state index contributed by atoms with van der Waals surface area (Å²) in [6.07, 6.45) is 3.53. The van der Waals surface area contributed by atoms with Crippen LogP contribution in [-0.4, -0.2) is 154 Å². The van der Waals surface area contributed by atoms with Crippen molar-refractivity contribution in [3.63, 3.8) is 0 Å². The number of aromatic amines is 1. The smallest absolute Gasteiger partial charge is 0.317 e. The Balaban J connectivity index is 1.33. The highest BCUT2D eigenvalue weighted by molar-refractivity contribution is 5.99. The highest BCUT2D eigenvalue weighted by Gasteiger charge is 2.45. The third-order valence-electron chi connectivity index (χ3n) is 14.4. The average Bonchev–Trinajstić information content (AvgIpc) is 3.90. The number of primary amides is 1. The highest BCUT2D eigenvalue weighted by Crippen LogP contribution is 2.31. The number of unbranched alkanes of at least 4 members (excludes halogenated alkanes) is 2. The highest BCUT2D eigenvalue weighted by atomic mass is 16.4. The summed E-state index contributed by atoms with van der Waals surface area (Å²) in [7, 11) is 2.99. The molecule has 24 heteroatoms. The minimum absolute atomic E-state index is 0.0207. The van der Waals surface area contributed by atoms with Gasteiger partial charge in [-0.25, -0.2) is 4.79 Å². The number of aliphatic imine (C=N–C) groups is 1. The predicted octanol–water partition coefficient (Wildman–Crippen LogP) is 0.529. The van der Waals surface area contributed by atoms with E-state index < -0.39 is 102 Å². The number of fused-ring (bicyclic) bond motifs is 3. The fourth-order valence-corrected chi connectivity index (χ4v) is 10.1. The Labute approximate surface area is 464 Å². The lowest BCUT2D eigenvalue weighted by Gasteiger charge is -2.43. The van der Waals surface area contributed by atoms with Gasteiger partial charge in [0.05, 0.1) is 6.42 Å². The molecule has 3 heterocycles. The van der Waals surface area contributed by atoms with Crippen molar-refractivity contribution < 1.29 is 48.3 Å². The first kappa shape index (κ1) is 60.7. The van der Waals surface area contributed by atoms with Gasteiger partial charge in [-0.1, -0.05) is 86.5 Å². The molecule has 0 saturated heterocycles. The van der Waals surface area contributed by atoms with Crippen molar-refractivity contribution in [2.45, 2.75) is 139 Å². The number of hydrogen-bond donors (Lipinski definition) is 11. The van der Waals surface area contributed by atoms with E-state index in [2.05, 4.69) is 36.6 Å². The summed E-state index contributed by atoms with van der Waals surface area (Å²) >= 11 is 0. The van der Waals surface area contributed by atoms with Gasteiger partial charge in [0, 0.05) is 70.1 Å². The number of benzene rings is 3. The standard InChI is InChI=1S/C56H76N14O10/c1-4-5-20-42(67-56(80)68(2)3)50(75)66-44(29-47(71)72)53(78)70-32-36-18-9-7-16-34(36)28-46(70)54(79)69-31-35-17-8-6-15-33(35)27-45(69)52(77)64-41(23-14-25-61-55(59)60)49(74)65-43(26-37-30-62-39-21-11-10-19-38(37)39)51(76)63-40(48(58)73)22-12-13-24-57/h6-11,15-19,21,30,40-46,62H,4-5,12-14,20,22-29,31-32,57H2,1-3H3,(H2,58,73)(H,63,76)(H,64,77)(H,65,74)(H,66,75)(H,67,80)(H,71,72)(H4,59,60,61)/t40-,41-,42-,43-,44-,45+,46-/m0/s1. The first-order chi connectivity index (χ1) is 38.3. The number of aromatic nitrogens is 1. The first-order valence-electron chi connectivity index (χ1n) is 27.0. The molecule has 1 aromatic heterocycles. The van der Waals surface area contributed by atoms with Crippen molar-refractivity contribution in [2.24, 2.45) is 27.9 Å². The van der Waals surface area contributed by atoms with Gasteiger partial charge in [-0.15, -0.1) is 0 Å². The monoisotopic (exact) mass is 1100 g/mol. The molecular weight excluding hydrogens is 1030 g/mol. The molecule has 15 N–H and O–H groups in total. The molecular formula is C56H76N14O10. The van der Waals surface area contributed by atoms with Crippen LogP contribution in [0.15, 0.2) is 84.0 Å². The number of hydrogen-bond acceptors (Lipinski definition) is 11. The number of para-hydroxylation sites is 1. The van der Waals surface area contributed by atoms with Crippen LogP contribution in [0.3, 0.4) is 0 Å². The SMILES string of the molecule is CCCC[C@H](NC(=O)N(C)C)C(=O)N[C@@H](CC(=O)O)C(=O)N1Cc2ccccc2C[C@H]1C(=O)N1Cc2ccccc2C[C@@H]1C(=O)N[C@@H](CCCN=C(N)N)C(=O)N[C@@H](Cc1c[nH]c2ccccc12)C(=O)N[C@@H](CCCCN)C(N)=O. The molecule has 24 nitrogen and oxygen atoms in total. The minimum atomic E-state index is -1.68. The molecule has 6 rings (SSSR count). The molecule has 3 aromatic carbocycles. The maximum Gasteiger partial charge on any atom is 0.317 e. The van der Waals surface area contributed by atoms with Crippen LogP contribution in [0.1, 0.15) is 92.5 Å². The van der Waals surface area contributed by atoms with E-state index in [0.717, 1.165) is 22.0 Å². The number of carboxylic acids is 1. The Hall–Kier alpha value is -8.54. The van der Waals surface area contributed by atoms with E-state index in [-0.39, 0.29) is 70.5 Å². The molecule has 4 aromatic rings. The second kappa shape index (κ2) is 28.9. The van der Waals surface area contributed by atoms with Gasteiger partial charge in [-0.05, 0) is 79.0 Å². The Morgan fingerprint density at radius 3 is 1.82 bits per heavy atom. The number of urea groups is 1. The molecule has 80 heavy (non-hydrogen) atoms. The van der Waals surface area contributed by atoms with Crippen LogP contribution in [-0.2, 0) is 70.7 Å². The summed E-state index contributed by atoms with van der Waals surface area (Å²) in [5.41, 5.74) is 27.0. The number of aliphatic carboxylic acids is 1. The molecule has 9 amide bonds. The number of carbonyl (C=O) groups excluding carboxylic acids is 8. The van der Waals surface area contributed by atoms with E-state index in [1.165, 1.54) is 28.8 Å². The van der Waals surface area contributed by atoms with Crippen molar-refractivity contribution in [1.82, 2.24) is 46.3 Å². The van der Waals surface area contributed by atoms with Crippen molar-refractivity contribution in [3.8, 4) is 0 Å². The number of nitrogens with zero attached hydrogens (tertiary/aromatic N) is 4. The zero-order valence-corrected chi connectivity index (χ0v) is 45.6. The number of nitrogens with one attached hydrogen (secondary N) is 6. The quantitative estimate of drug-likeness (QED) is 0.0221. The maximum absolute atomic E-state index is 15.6. The first-order valence-corrected chi connectivity index (χ1v) is 27.0. The predicted molar refractivity (Wildman–Crippen MR) is 298 cm³/mol. The molecule has 7 atom stereocenters. The third kappa shape index (κ3) is 16.3. The molecule has 2 aliphatic rings. The minimum Gasteiger partial charge on any atom is -0.481 e. The normalized spacial score (nSPS) is 16.5. The molecule has 0 unspecified atom stereocenters. The van der Waals surface area contributed by atoms with Crippen molar-refractivity contribution in [3.05, 3.63) is 107 Å². The molecule has 0 bridgehead atoms. The summed E-state index contributed by atoms with van der Waals surface area (Å²) in [5.74, 6) is -6.94. The summed E-state index contributed by atoms with van der Waals surface area (Å²) in [5, 5.41) is 24.5. The zero-order chi connectivity index (χ0) is 58.0. The van der Waals surface area contributed by atoms with Crippen molar-refractivity contribution in [2.75, 3.05) is 27.2 Å². The lowest BCUT2D eigenvalue weighted by Crippen LogP contribution is -2.63. The second-order valence-corrected chi connectivity index (χ2v) is 20.5. The summed E-state index contributed by atoms with van der Waals surface area (Å²) in [6.45, 7) is 2.06. The largest absolute Gasteiger partial charge is 0.481 e. The van der Waals surface area contributed by atoms with Gasteiger partial charge >= 0.3 is 12.0 Å². The Morgan fingerprint density at radius 2 is 1.21 bits per heavy atom. The summed E-state index contributed by atoms with van der Waals surface area (Å²) in [6, 6.07) is 12.0. The molecule has 430 valence electrons. The van der Waals surface area contributed by atoms with E-state index in [0.29, 0.717) is 48.9 Å². The molecule has 0 saturated carbocycles. The van der Waals surface area contributed by atoms with Gasteiger partial charge in [-0.2, -0.15) is 0 Å². The number of rotatable bonds is 27. The number of carboxylic acid groups (broad SMARTS) is 1. The summed E-state index contributed by atoms with van der Waals surface area (Å²) < 4.78 is 0. The topological polar surface area (TPSA) is 376 Å². The van der Waals surface area contributed by atoms with E-state index >= 15 is 9.59 Å². The Kier molecular flexibility index (Phi) is 21.9. The number of guanidine groups is 1. The van der Waals surface area contributed by atoms with Crippen LogP contribution < -0.4 is 49.5 Å². The molecule has 0 aliphatic carbocycles. The van der Waals surface area contributed by atoms with Gasteiger partial charge in [0.2, 0.25) is 41.4 Å². The van der Waals surface area contributed by atoms with Gasteiger partial charge in [-0.3, -0.25) is 43.3 Å². The number of carbonyl (C=O) groups is 9. The maximum atomic E-state index is 15.6. The van der Waals surface area contributed by atoms with Crippen LogP contribution in [0.25, 0.3) is 10.9 Å². The lowest BCUT2D eigenvalue weighted by atomic mass is 9.89. The molecule has 2 aliphatic heterocycles. The van der Waals surface area contributed by atoms with Crippen LogP contribution in [0.5, 0.6) is 0 Å². The van der Waals surface area contributed by atoms with E-state index in [1.54, 1.807) is 36.5 Å². The van der Waals surface area contributed by atoms with Gasteiger partial charge < -0.3 is 74.3 Å². The van der Waals surface area contributed by atoms with E-state index in [1.807, 2.05) is 49.4 Å². The molecule has 0 radical (unpaired) electrons. The van der Waals surface area contributed by atoms with Crippen LogP contribution in [0, 0.1) is 0 Å². The van der Waals surface area contributed by atoms with E-state index in [9.17, 15) is 38.7 Å². The molecule has 0 fully saturated rings. The number of amides is 9. The Bertz CT molecular complexity index is 2900. The van der Waals surface area contributed by atoms with Crippen molar-refractivity contribution >= 4 is 70.2 Å². The number of nitrogens with two attached hydrogens (primary N) is 4. The molecule has 0 spiro atoms. The number of H-pyrrole nitrogens is 1. The van der Waals surface area contributed by atoms with Crippen LogP contribution in [0.4, 0.5) is 4.79 Å². The average molecular weight is 1110 g/mol. The Morgan fingerprint density at radius 1 is 0.662 bits per heavy atom. The lowest BCUT2D eigenvalue weighted by molar-refractivity contribution is -0.154. The second-order valence-electron chi connectivity index (χ2n) is 20.5. The van der Waals surface area contributed by atoms with Gasteiger partial charge in [0.25, 0.3) is 0 Å². The fourth-order valence-electron chi connectivity index (χ4n) is 10.1. The van der Waals surface area contributed by atoms with Crippen LogP contribution in [0.2, 0.25) is 0 Å². The van der Waals surface area contributed by atoms with Gasteiger partial charge in [0.15, 0.2) is 5.96 Å². The van der Waals surface area contributed by atoms with E-state index in [4.69, 9.17) is 22.9 Å². The van der Waals surface area contributed by atoms with Crippen molar-refractivity contribution in [1.29, 1.82) is 0 Å². The van der Waals surface area contributed by atoms with Crippen LogP contribution >= 0.6 is 0 Å². The third-order valence-corrected chi connectivity index (χ3v) is 14.4.